The van der Waals surface area contributed by atoms with Gasteiger partial charge in [0.05, 0.1) is 6.33 Å². The highest BCUT2D eigenvalue weighted by Crippen LogP contribution is 2.18. The van der Waals surface area contributed by atoms with E-state index < -0.39 is 5.97 Å². The van der Waals surface area contributed by atoms with E-state index in [2.05, 4.69) is 27.4 Å². The zero-order chi connectivity index (χ0) is 15.2. The van der Waals surface area contributed by atoms with E-state index >= 15 is 0 Å². The van der Waals surface area contributed by atoms with Crippen LogP contribution in [0.4, 0.5) is 5.82 Å². The number of carboxylic acid groups (broad SMARTS) is 1. The molecule has 2 aromatic rings. The maximum Gasteiger partial charge on any atom is 0.353 e. The van der Waals surface area contributed by atoms with Crippen molar-refractivity contribution >= 4 is 17.7 Å². The summed E-state index contributed by atoms with van der Waals surface area (Å²) in [5.74, 6) is -1.13. The Hall–Kier alpha value is -2.64. The highest BCUT2D eigenvalue weighted by atomic mass is 16.4. The van der Waals surface area contributed by atoms with Gasteiger partial charge in [-0.3, -0.25) is 9.89 Å². The van der Waals surface area contributed by atoms with Gasteiger partial charge in [0.25, 0.3) is 0 Å². The normalized spacial score (nSPS) is 12.0. The van der Waals surface area contributed by atoms with Crippen molar-refractivity contribution in [2.45, 2.75) is 32.2 Å². The lowest BCUT2D eigenvalue weighted by atomic mass is 10.1. The third-order valence-electron chi connectivity index (χ3n) is 3.07. The number of carbonyl (C=O) groups is 2. The van der Waals surface area contributed by atoms with E-state index in [9.17, 15) is 9.59 Å². The molecule has 0 saturated heterocycles. The molecule has 0 bridgehead atoms. The molecule has 0 radical (unpaired) electrons. The standard InChI is InChI=1S/C13H17N5O3/c1-2-3-9(18-5-4-14-8-18)6-12(19)15-11-7-10(13(20)21)16-17-11/h4-5,7-9H,2-3,6H2,1H3,(H,20,21)(H2,15,16,17,19). The van der Waals surface area contributed by atoms with Crippen LogP contribution in [0.1, 0.15) is 42.7 Å². The number of nitrogens with one attached hydrogen (secondary N) is 2. The summed E-state index contributed by atoms with van der Waals surface area (Å²) < 4.78 is 1.90. The zero-order valence-corrected chi connectivity index (χ0v) is 11.6. The summed E-state index contributed by atoms with van der Waals surface area (Å²) in [6, 6.07) is 1.31. The van der Waals surface area contributed by atoms with Crippen LogP contribution in [0.15, 0.2) is 24.8 Å². The van der Waals surface area contributed by atoms with Crippen LogP contribution < -0.4 is 5.32 Å². The average molecular weight is 291 g/mol. The predicted molar refractivity (Wildman–Crippen MR) is 75.0 cm³/mol. The molecule has 2 rings (SSSR count). The molecule has 8 heteroatoms. The quantitative estimate of drug-likeness (QED) is 0.718. The molecule has 0 spiro atoms. The summed E-state index contributed by atoms with van der Waals surface area (Å²) in [6.07, 6.45) is 7.26. The molecule has 2 heterocycles. The maximum absolute atomic E-state index is 12.0. The number of amides is 1. The van der Waals surface area contributed by atoms with Gasteiger partial charge in [-0.2, -0.15) is 5.10 Å². The van der Waals surface area contributed by atoms with Crippen molar-refractivity contribution in [2.24, 2.45) is 0 Å². The van der Waals surface area contributed by atoms with Crippen LogP contribution in [0.25, 0.3) is 0 Å². The first-order valence-corrected chi connectivity index (χ1v) is 6.66. The van der Waals surface area contributed by atoms with Crippen molar-refractivity contribution in [1.82, 2.24) is 19.7 Å². The van der Waals surface area contributed by atoms with E-state index in [1.807, 2.05) is 10.8 Å². The zero-order valence-electron chi connectivity index (χ0n) is 11.6. The Morgan fingerprint density at radius 2 is 2.33 bits per heavy atom. The van der Waals surface area contributed by atoms with Crippen molar-refractivity contribution in [2.75, 3.05) is 5.32 Å². The predicted octanol–water partition coefficient (Wildman–Crippen LogP) is 1.67. The van der Waals surface area contributed by atoms with E-state index in [1.165, 1.54) is 6.07 Å². The average Bonchev–Trinajstić information content (AvgIpc) is 3.09. The molecule has 3 N–H and O–H groups in total. The number of anilines is 1. The molecular weight excluding hydrogens is 274 g/mol. The molecule has 0 aliphatic rings. The fraction of sp³-hybridized carbons (Fsp3) is 0.385. The minimum absolute atomic E-state index is 0.0235. The van der Waals surface area contributed by atoms with Crippen LogP contribution in [-0.2, 0) is 4.79 Å². The summed E-state index contributed by atoms with van der Waals surface area (Å²) in [6.45, 7) is 2.05. The van der Waals surface area contributed by atoms with Crippen molar-refractivity contribution < 1.29 is 14.7 Å². The SMILES string of the molecule is CCCC(CC(=O)Nc1cc(C(=O)O)[nH]n1)n1ccnc1. The Bertz CT molecular complexity index is 605. The van der Waals surface area contributed by atoms with E-state index in [4.69, 9.17) is 5.11 Å². The number of imidazole rings is 1. The van der Waals surface area contributed by atoms with Gasteiger partial charge < -0.3 is 15.0 Å². The second kappa shape index (κ2) is 6.69. The van der Waals surface area contributed by atoms with Gasteiger partial charge in [-0.25, -0.2) is 9.78 Å². The number of carboxylic acids is 1. The highest BCUT2D eigenvalue weighted by molar-refractivity contribution is 5.92. The van der Waals surface area contributed by atoms with Crippen LogP contribution in [0, 0.1) is 0 Å². The van der Waals surface area contributed by atoms with E-state index in [0.29, 0.717) is 0 Å². The van der Waals surface area contributed by atoms with E-state index in [0.717, 1.165) is 12.8 Å². The fourth-order valence-corrected chi connectivity index (χ4v) is 2.08. The molecule has 1 unspecified atom stereocenters. The molecule has 0 aromatic carbocycles. The van der Waals surface area contributed by atoms with Gasteiger partial charge in [0.15, 0.2) is 5.82 Å². The Morgan fingerprint density at radius 1 is 1.52 bits per heavy atom. The van der Waals surface area contributed by atoms with E-state index in [1.54, 1.807) is 12.5 Å². The topological polar surface area (TPSA) is 113 Å². The van der Waals surface area contributed by atoms with Gasteiger partial charge >= 0.3 is 5.97 Å². The van der Waals surface area contributed by atoms with Crippen molar-refractivity contribution in [3.05, 3.63) is 30.5 Å². The molecule has 21 heavy (non-hydrogen) atoms. The largest absolute Gasteiger partial charge is 0.477 e. The third kappa shape index (κ3) is 3.91. The monoisotopic (exact) mass is 291 g/mol. The van der Waals surface area contributed by atoms with Gasteiger partial charge in [-0.1, -0.05) is 13.3 Å². The smallest absolute Gasteiger partial charge is 0.353 e. The van der Waals surface area contributed by atoms with Crippen LogP contribution in [0.3, 0.4) is 0 Å². The Labute approximate surface area is 121 Å². The Morgan fingerprint density at radius 3 is 2.90 bits per heavy atom. The first-order chi connectivity index (χ1) is 10.1. The van der Waals surface area contributed by atoms with Gasteiger partial charge in [0, 0.05) is 30.9 Å². The molecule has 0 fully saturated rings. The van der Waals surface area contributed by atoms with E-state index in [-0.39, 0.29) is 29.9 Å². The number of hydrogen-bond donors (Lipinski definition) is 3. The van der Waals surface area contributed by atoms with Crippen LogP contribution in [0.5, 0.6) is 0 Å². The lowest BCUT2D eigenvalue weighted by Gasteiger charge is -2.16. The second-order valence-electron chi connectivity index (χ2n) is 4.68. The number of aromatic nitrogens is 4. The number of rotatable bonds is 7. The van der Waals surface area contributed by atoms with Gasteiger partial charge in [0.1, 0.15) is 5.69 Å². The van der Waals surface area contributed by atoms with Crippen LogP contribution in [0.2, 0.25) is 0 Å². The minimum Gasteiger partial charge on any atom is -0.477 e. The number of aromatic amines is 1. The molecule has 8 nitrogen and oxygen atoms in total. The lowest BCUT2D eigenvalue weighted by molar-refractivity contribution is -0.117. The molecule has 1 atom stereocenters. The fourth-order valence-electron chi connectivity index (χ4n) is 2.08. The second-order valence-corrected chi connectivity index (χ2v) is 4.68. The molecular formula is C13H17N5O3. The molecule has 2 aromatic heterocycles. The van der Waals surface area contributed by atoms with Crippen molar-refractivity contribution in [3.63, 3.8) is 0 Å². The summed E-state index contributed by atoms with van der Waals surface area (Å²) >= 11 is 0. The van der Waals surface area contributed by atoms with Crippen molar-refractivity contribution in [3.8, 4) is 0 Å². The Balaban J connectivity index is 1.97. The lowest BCUT2D eigenvalue weighted by Crippen LogP contribution is -2.19. The number of carbonyl (C=O) groups excluding carboxylic acids is 1. The van der Waals surface area contributed by atoms with Gasteiger partial charge in [0.2, 0.25) is 5.91 Å². The Kier molecular flexibility index (Phi) is 4.70. The minimum atomic E-state index is -1.12. The molecule has 0 aliphatic heterocycles. The molecule has 0 saturated carbocycles. The van der Waals surface area contributed by atoms with Crippen LogP contribution >= 0.6 is 0 Å². The summed E-state index contributed by atoms with van der Waals surface area (Å²) in [5.41, 5.74) is -0.0648. The van der Waals surface area contributed by atoms with Crippen molar-refractivity contribution in [1.29, 1.82) is 0 Å². The number of H-pyrrole nitrogens is 1. The van der Waals surface area contributed by atoms with Crippen LogP contribution in [-0.4, -0.2) is 36.7 Å². The maximum atomic E-state index is 12.0. The number of nitrogens with zero attached hydrogens (tertiary/aromatic N) is 3. The highest BCUT2D eigenvalue weighted by Gasteiger charge is 2.16. The van der Waals surface area contributed by atoms with Gasteiger partial charge in [-0.15, -0.1) is 0 Å². The number of aromatic carboxylic acids is 1. The molecule has 0 aliphatic carbocycles. The summed E-state index contributed by atoms with van der Waals surface area (Å²) in [7, 11) is 0. The number of hydrogen-bond acceptors (Lipinski definition) is 4. The molecule has 112 valence electrons. The molecule has 1 amide bonds. The third-order valence-corrected chi connectivity index (χ3v) is 3.07. The summed E-state index contributed by atoms with van der Waals surface area (Å²) in [4.78, 5) is 26.7. The van der Waals surface area contributed by atoms with Gasteiger partial charge in [-0.05, 0) is 6.42 Å². The summed E-state index contributed by atoms with van der Waals surface area (Å²) in [5, 5.41) is 17.4. The first-order valence-electron chi connectivity index (χ1n) is 6.66. The first kappa shape index (κ1) is 14.8.